The summed E-state index contributed by atoms with van der Waals surface area (Å²) in [6.07, 6.45) is 1.79. The Morgan fingerprint density at radius 1 is 1.36 bits per heavy atom. The molecule has 0 heterocycles. The Morgan fingerprint density at radius 3 is 2.86 bits per heavy atom. The third-order valence-corrected chi connectivity index (χ3v) is 1.77. The summed E-state index contributed by atoms with van der Waals surface area (Å²) in [7, 11) is 1.66. The topological polar surface area (TPSA) is 18.5 Å². The Kier molecular flexibility index (Phi) is 5.00. The highest BCUT2D eigenvalue weighted by Crippen LogP contribution is 2.14. The first-order valence-electron chi connectivity index (χ1n) is 4.62. The summed E-state index contributed by atoms with van der Waals surface area (Å²) in [6.45, 7) is 1.23. The van der Waals surface area contributed by atoms with Crippen molar-refractivity contribution in [2.75, 3.05) is 20.3 Å². The monoisotopic (exact) mass is 197 g/mol. The molecule has 1 rings (SSSR count). The van der Waals surface area contributed by atoms with E-state index in [1.165, 1.54) is 6.07 Å². The maximum absolute atomic E-state index is 13.0. The highest BCUT2D eigenvalue weighted by atomic mass is 19.1. The van der Waals surface area contributed by atoms with Gasteiger partial charge in [0, 0.05) is 19.8 Å². The standard InChI is InChI=1S/C11H14FO2/c1-13-8-4-5-9-14-11-7-3-2-6-10(11)12/h2-3,7H,4-5,8-9H2,1H3. The lowest BCUT2D eigenvalue weighted by molar-refractivity contribution is 0.183. The van der Waals surface area contributed by atoms with Crippen molar-refractivity contribution >= 4 is 0 Å². The maximum Gasteiger partial charge on any atom is 0.172 e. The summed E-state index contributed by atoms with van der Waals surface area (Å²) in [5.74, 6) is -0.163. The Balaban J connectivity index is 2.21. The van der Waals surface area contributed by atoms with Gasteiger partial charge in [0.25, 0.3) is 0 Å². The van der Waals surface area contributed by atoms with E-state index in [1.54, 1.807) is 19.2 Å². The van der Waals surface area contributed by atoms with Crippen molar-refractivity contribution < 1.29 is 13.9 Å². The summed E-state index contributed by atoms with van der Waals surface area (Å²) in [5.41, 5.74) is 0. The minimum atomic E-state index is -0.431. The SMILES string of the molecule is COCCCCOc1ccc[c]c1F. The van der Waals surface area contributed by atoms with Crippen LogP contribution >= 0.6 is 0 Å². The second kappa shape index (κ2) is 6.38. The maximum atomic E-state index is 13.0. The van der Waals surface area contributed by atoms with Crippen molar-refractivity contribution in [1.29, 1.82) is 0 Å². The van der Waals surface area contributed by atoms with E-state index in [4.69, 9.17) is 9.47 Å². The first-order valence-corrected chi connectivity index (χ1v) is 4.62. The van der Waals surface area contributed by atoms with Crippen molar-refractivity contribution in [2.24, 2.45) is 0 Å². The van der Waals surface area contributed by atoms with Gasteiger partial charge in [-0.15, -0.1) is 0 Å². The van der Waals surface area contributed by atoms with Crippen molar-refractivity contribution in [3.8, 4) is 5.75 Å². The molecule has 1 aromatic rings. The number of rotatable bonds is 6. The van der Waals surface area contributed by atoms with E-state index in [-0.39, 0.29) is 5.75 Å². The number of benzene rings is 1. The average Bonchev–Trinajstić information content (AvgIpc) is 2.20. The molecular formula is C11H14FO2. The highest BCUT2D eigenvalue weighted by Gasteiger charge is 2.00. The average molecular weight is 197 g/mol. The van der Waals surface area contributed by atoms with E-state index in [9.17, 15) is 4.39 Å². The van der Waals surface area contributed by atoms with Gasteiger partial charge in [-0.25, -0.2) is 4.39 Å². The molecule has 0 amide bonds. The zero-order chi connectivity index (χ0) is 10.2. The number of halogens is 1. The van der Waals surface area contributed by atoms with Crippen LogP contribution in [0.3, 0.4) is 0 Å². The molecule has 0 fully saturated rings. The first-order chi connectivity index (χ1) is 6.84. The van der Waals surface area contributed by atoms with Gasteiger partial charge < -0.3 is 9.47 Å². The zero-order valence-corrected chi connectivity index (χ0v) is 8.25. The third kappa shape index (κ3) is 3.75. The Bertz CT molecular complexity index is 263. The molecule has 0 unspecified atom stereocenters. The zero-order valence-electron chi connectivity index (χ0n) is 8.25. The number of ether oxygens (including phenoxy) is 2. The van der Waals surface area contributed by atoms with Crippen LogP contribution in [-0.4, -0.2) is 20.3 Å². The largest absolute Gasteiger partial charge is 0.490 e. The van der Waals surface area contributed by atoms with Crippen LogP contribution in [0.25, 0.3) is 0 Å². The molecule has 77 valence electrons. The normalized spacial score (nSPS) is 10.1. The van der Waals surface area contributed by atoms with E-state index in [0.717, 1.165) is 12.8 Å². The van der Waals surface area contributed by atoms with E-state index in [2.05, 4.69) is 6.07 Å². The quantitative estimate of drug-likeness (QED) is 0.652. The lowest BCUT2D eigenvalue weighted by Gasteiger charge is -2.05. The van der Waals surface area contributed by atoms with Crippen LogP contribution in [-0.2, 0) is 4.74 Å². The molecule has 1 radical (unpaired) electrons. The molecule has 1 aromatic carbocycles. The fourth-order valence-electron chi connectivity index (χ4n) is 1.04. The van der Waals surface area contributed by atoms with Crippen LogP contribution in [0, 0.1) is 11.9 Å². The third-order valence-electron chi connectivity index (χ3n) is 1.77. The van der Waals surface area contributed by atoms with E-state index in [1.807, 2.05) is 0 Å². The summed E-state index contributed by atoms with van der Waals surface area (Å²) in [6, 6.07) is 7.26. The summed E-state index contributed by atoms with van der Waals surface area (Å²) < 4.78 is 23.1. The van der Waals surface area contributed by atoms with Gasteiger partial charge in [0.1, 0.15) is 0 Å². The molecule has 0 aromatic heterocycles. The predicted molar refractivity (Wildman–Crippen MR) is 51.8 cm³/mol. The predicted octanol–water partition coefficient (Wildman–Crippen LogP) is 2.43. The van der Waals surface area contributed by atoms with Gasteiger partial charge in [-0.2, -0.15) is 0 Å². The van der Waals surface area contributed by atoms with Crippen LogP contribution in [0.5, 0.6) is 5.75 Å². The number of hydrogen-bond acceptors (Lipinski definition) is 2. The highest BCUT2D eigenvalue weighted by molar-refractivity contribution is 5.22. The number of unbranched alkanes of at least 4 members (excludes halogenated alkanes) is 1. The lowest BCUT2D eigenvalue weighted by Crippen LogP contribution is -2.00. The van der Waals surface area contributed by atoms with Crippen molar-refractivity contribution in [2.45, 2.75) is 12.8 Å². The van der Waals surface area contributed by atoms with Gasteiger partial charge in [-0.05, 0) is 18.9 Å². The smallest absolute Gasteiger partial charge is 0.172 e. The van der Waals surface area contributed by atoms with Crippen LogP contribution < -0.4 is 4.74 Å². The second-order valence-corrected chi connectivity index (χ2v) is 2.90. The molecule has 0 bridgehead atoms. The van der Waals surface area contributed by atoms with Crippen LogP contribution in [0.4, 0.5) is 4.39 Å². The van der Waals surface area contributed by atoms with Crippen LogP contribution in [0.2, 0.25) is 0 Å². The molecule has 14 heavy (non-hydrogen) atoms. The number of methoxy groups -OCH3 is 1. The molecule has 0 aliphatic heterocycles. The molecule has 0 saturated heterocycles. The second-order valence-electron chi connectivity index (χ2n) is 2.90. The Morgan fingerprint density at radius 2 is 2.14 bits per heavy atom. The van der Waals surface area contributed by atoms with E-state index in [0.29, 0.717) is 13.2 Å². The van der Waals surface area contributed by atoms with Crippen LogP contribution in [0.1, 0.15) is 12.8 Å². The number of hydrogen-bond donors (Lipinski definition) is 0. The Hall–Kier alpha value is -1.09. The van der Waals surface area contributed by atoms with Gasteiger partial charge in [0.05, 0.1) is 6.61 Å². The minimum Gasteiger partial charge on any atom is -0.490 e. The molecule has 0 atom stereocenters. The summed E-state index contributed by atoms with van der Waals surface area (Å²) in [4.78, 5) is 0. The molecule has 0 aliphatic rings. The van der Waals surface area contributed by atoms with Gasteiger partial charge in [-0.3, -0.25) is 0 Å². The fourth-order valence-corrected chi connectivity index (χ4v) is 1.04. The minimum absolute atomic E-state index is 0.268. The molecular weight excluding hydrogens is 183 g/mol. The van der Waals surface area contributed by atoms with Crippen molar-refractivity contribution in [1.82, 2.24) is 0 Å². The molecule has 0 aliphatic carbocycles. The molecule has 0 N–H and O–H groups in total. The van der Waals surface area contributed by atoms with Gasteiger partial charge in [-0.1, -0.05) is 12.1 Å². The van der Waals surface area contributed by atoms with Gasteiger partial charge in [0.15, 0.2) is 11.6 Å². The molecule has 2 nitrogen and oxygen atoms in total. The van der Waals surface area contributed by atoms with E-state index >= 15 is 0 Å². The molecule has 0 spiro atoms. The Labute approximate surface area is 83.6 Å². The molecule has 3 heteroatoms. The lowest BCUT2D eigenvalue weighted by atomic mass is 10.3. The fraction of sp³-hybridized carbons (Fsp3) is 0.455. The molecule has 0 saturated carbocycles. The summed E-state index contributed by atoms with van der Waals surface area (Å²) in [5, 5.41) is 0. The van der Waals surface area contributed by atoms with Crippen LogP contribution in [0.15, 0.2) is 18.2 Å². The van der Waals surface area contributed by atoms with Gasteiger partial charge in [0.2, 0.25) is 0 Å². The van der Waals surface area contributed by atoms with Gasteiger partial charge >= 0.3 is 0 Å². The first kappa shape index (κ1) is 11.0. The van der Waals surface area contributed by atoms with Crippen molar-refractivity contribution in [3.05, 3.63) is 30.1 Å². The summed E-state index contributed by atoms with van der Waals surface area (Å²) >= 11 is 0. The van der Waals surface area contributed by atoms with Crippen molar-refractivity contribution in [3.63, 3.8) is 0 Å². The van der Waals surface area contributed by atoms with E-state index < -0.39 is 5.82 Å².